The molecule has 4 heteroatoms. The third-order valence-electron chi connectivity index (χ3n) is 4.64. The van der Waals surface area contributed by atoms with Crippen LogP contribution < -0.4 is 10.1 Å². The molecule has 1 N–H and O–H groups in total. The van der Waals surface area contributed by atoms with Crippen LogP contribution in [0.15, 0.2) is 24.3 Å². The molecule has 3 rings (SSSR count). The first-order chi connectivity index (χ1) is 10.3. The van der Waals surface area contributed by atoms with Crippen LogP contribution in [0.2, 0.25) is 0 Å². The number of rotatable bonds is 4. The van der Waals surface area contributed by atoms with Gasteiger partial charge in [0.2, 0.25) is 0 Å². The molecule has 21 heavy (non-hydrogen) atoms. The Bertz CT molecular complexity index is 466. The molecule has 3 unspecified atom stereocenters. The standard InChI is InChI=1S/C17H26N2O2/c1-3-13-11-20-10-9-19(13)15-12-21-16-8-6-5-7-14(16)17(15)18-4-2/h5-8,13,15,17-18H,3-4,9-12H2,1-2H3. The van der Waals surface area contributed by atoms with Crippen LogP contribution in [0.4, 0.5) is 0 Å². The van der Waals surface area contributed by atoms with Crippen molar-refractivity contribution in [3.63, 3.8) is 0 Å². The predicted octanol–water partition coefficient (Wildman–Crippen LogP) is 2.21. The summed E-state index contributed by atoms with van der Waals surface area (Å²) in [5, 5.41) is 3.67. The molecule has 116 valence electrons. The van der Waals surface area contributed by atoms with E-state index in [4.69, 9.17) is 9.47 Å². The fourth-order valence-electron chi connectivity index (χ4n) is 3.56. The molecule has 1 fully saturated rings. The number of morpholine rings is 1. The first-order valence-electron chi connectivity index (χ1n) is 8.13. The number of likely N-dealkylation sites (N-methyl/N-ethyl adjacent to an activating group) is 1. The molecule has 0 radical (unpaired) electrons. The zero-order chi connectivity index (χ0) is 14.7. The topological polar surface area (TPSA) is 33.7 Å². The summed E-state index contributed by atoms with van der Waals surface area (Å²) in [6.45, 7) is 8.80. The van der Waals surface area contributed by atoms with Crippen molar-refractivity contribution in [1.82, 2.24) is 10.2 Å². The third-order valence-corrected chi connectivity index (χ3v) is 4.64. The van der Waals surface area contributed by atoms with E-state index < -0.39 is 0 Å². The Hall–Kier alpha value is -1.10. The summed E-state index contributed by atoms with van der Waals surface area (Å²) in [4.78, 5) is 2.59. The molecule has 2 heterocycles. The fourth-order valence-corrected chi connectivity index (χ4v) is 3.56. The maximum absolute atomic E-state index is 6.04. The Balaban J connectivity index is 1.87. The smallest absolute Gasteiger partial charge is 0.124 e. The molecule has 0 bridgehead atoms. The second-order valence-corrected chi connectivity index (χ2v) is 5.83. The van der Waals surface area contributed by atoms with Gasteiger partial charge in [0.05, 0.1) is 25.3 Å². The third kappa shape index (κ3) is 2.93. The van der Waals surface area contributed by atoms with E-state index in [1.54, 1.807) is 0 Å². The molecule has 1 aromatic rings. The molecular weight excluding hydrogens is 264 g/mol. The monoisotopic (exact) mass is 290 g/mol. The minimum Gasteiger partial charge on any atom is -0.492 e. The molecule has 0 aromatic heterocycles. The Morgan fingerprint density at radius 1 is 1.24 bits per heavy atom. The molecule has 3 atom stereocenters. The first-order valence-corrected chi connectivity index (χ1v) is 8.13. The van der Waals surface area contributed by atoms with Crippen molar-refractivity contribution < 1.29 is 9.47 Å². The van der Waals surface area contributed by atoms with Crippen LogP contribution in [0.25, 0.3) is 0 Å². The fraction of sp³-hybridized carbons (Fsp3) is 0.647. The summed E-state index contributed by atoms with van der Waals surface area (Å²) in [7, 11) is 0. The van der Waals surface area contributed by atoms with Crippen LogP contribution in [-0.4, -0.2) is 49.9 Å². The van der Waals surface area contributed by atoms with Crippen LogP contribution in [0.5, 0.6) is 5.75 Å². The first kappa shape index (κ1) is 14.8. The Labute approximate surface area is 127 Å². The lowest BCUT2D eigenvalue weighted by molar-refractivity contribution is -0.0512. The Morgan fingerprint density at radius 3 is 2.90 bits per heavy atom. The zero-order valence-electron chi connectivity index (χ0n) is 13.0. The van der Waals surface area contributed by atoms with Gasteiger partial charge >= 0.3 is 0 Å². The summed E-state index contributed by atoms with van der Waals surface area (Å²) < 4.78 is 11.7. The number of hydrogen-bond acceptors (Lipinski definition) is 4. The minimum atomic E-state index is 0.340. The highest BCUT2D eigenvalue weighted by Crippen LogP contribution is 2.35. The number of nitrogens with zero attached hydrogens (tertiary/aromatic N) is 1. The Morgan fingerprint density at radius 2 is 2.10 bits per heavy atom. The average molecular weight is 290 g/mol. The quantitative estimate of drug-likeness (QED) is 0.922. The molecule has 0 saturated carbocycles. The summed E-state index contributed by atoms with van der Waals surface area (Å²) >= 11 is 0. The van der Waals surface area contributed by atoms with E-state index >= 15 is 0 Å². The van der Waals surface area contributed by atoms with Crippen LogP contribution in [0.1, 0.15) is 31.9 Å². The van der Waals surface area contributed by atoms with Gasteiger partial charge in [-0.05, 0) is 19.0 Å². The van der Waals surface area contributed by atoms with E-state index in [9.17, 15) is 0 Å². The highest BCUT2D eigenvalue weighted by Gasteiger charge is 2.38. The molecule has 0 amide bonds. The molecule has 1 saturated heterocycles. The van der Waals surface area contributed by atoms with Gasteiger partial charge in [0.15, 0.2) is 0 Å². The van der Waals surface area contributed by atoms with Crippen molar-refractivity contribution >= 4 is 0 Å². The van der Waals surface area contributed by atoms with Crippen molar-refractivity contribution in [1.29, 1.82) is 0 Å². The second-order valence-electron chi connectivity index (χ2n) is 5.83. The summed E-state index contributed by atoms with van der Waals surface area (Å²) in [5.74, 6) is 1.03. The number of ether oxygens (including phenoxy) is 2. The largest absolute Gasteiger partial charge is 0.492 e. The normalized spacial score (nSPS) is 29.7. The minimum absolute atomic E-state index is 0.340. The van der Waals surface area contributed by atoms with Crippen molar-refractivity contribution in [2.45, 2.75) is 38.4 Å². The molecule has 2 aliphatic heterocycles. The highest BCUT2D eigenvalue weighted by atomic mass is 16.5. The maximum atomic E-state index is 6.04. The lowest BCUT2D eigenvalue weighted by Gasteiger charge is -2.46. The van der Waals surface area contributed by atoms with Gasteiger partial charge in [-0.2, -0.15) is 0 Å². The maximum Gasteiger partial charge on any atom is 0.124 e. The molecule has 0 spiro atoms. The molecule has 0 aliphatic carbocycles. The number of para-hydroxylation sites is 1. The van der Waals surface area contributed by atoms with E-state index in [1.165, 1.54) is 5.56 Å². The molecule has 1 aromatic carbocycles. The lowest BCUT2D eigenvalue weighted by atomic mass is 9.93. The lowest BCUT2D eigenvalue weighted by Crippen LogP contribution is -2.57. The average Bonchev–Trinajstić information content (AvgIpc) is 2.55. The van der Waals surface area contributed by atoms with Crippen LogP contribution in [-0.2, 0) is 4.74 Å². The van der Waals surface area contributed by atoms with Gasteiger partial charge in [-0.1, -0.05) is 32.0 Å². The van der Waals surface area contributed by atoms with E-state index in [2.05, 4.69) is 42.3 Å². The van der Waals surface area contributed by atoms with E-state index in [0.717, 1.165) is 45.1 Å². The molecular formula is C17H26N2O2. The van der Waals surface area contributed by atoms with Gasteiger partial charge in [-0.3, -0.25) is 4.90 Å². The predicted molar refractivity (Wildman–Crippen MR) is 83.7 cm³/mol. The van der Waals surface area contributed by atoms with E-state index in [-0.39, 0.29) is 0 Å². The van der Waals surface area contributed by atoms with Crippen molar-refractivity contribution in [2.75, 3.05) is 32.9 Å². The summed E-state index contributed by atoms with van der Waals surface area (Å²) in [6.07, 6.45) is 1.12. The SMILES string of the molecule is CCNC1c2ccccc2OCC1N1CCOCC1CC. The van der Waals surface area contributed by atoms with Gasteiger partial charge in [0, 0.05) is 18.2 Å². The van der Waals surface area contributed by atoms with Gasteiger partial charge in [-0.25, -0.2) is 0 Å². The van der Waals surface area contributed by atoms with Crippen molar-refractivity contribution in [2.24, 2.45) is 0 Å². The second kappa shape index (κ2) is 6.77. The number of nitrogens with one attached hydrogen (secondary N) is 1. The van der Waals surface area contributed by atoms with Gasteiger partial charge in [0.1, 0.15) is 12.4 Å². The van der Waals surface area contributed by atoms with Gasteiger partial charge in [0.25, 0.3) is 0 Å². The van der Waals surface area contributed by atoms with Crippen LogP contribution >= 0.6 is 0 Å². The summed E-state index contributed by atoms with van der Waals surface area (Å²) in [6, 6.07) is 9.64. The number of hydrogen-bond donors (Lipinski definition) is 1. The molecule has 2 aliphatic rings. The summed E-state index contributed by atoms with van der Waals surface area (Å²) in [5.41, 5.74) is 1.29. The van der Waals surface area contributed by atoms with E-state index in [0.29, 0.717) is 18.1 Å². The number of benzene rings is 1. The van der Waals surface area contributed by atoms with Crippen LogP contribution in [0, 0.1) is 0 Å². The van der Waals surface area contributed by atoms with Crippen molar-refractivity contribution in [3.8, 4) is 5.75 Å². The van der Waals surface area contributed by atoms with E-state index in [1.807, 2.05) is 6.07 Å². The van der Waals surface area contributed by atoms with Crippen LogP contribution in [0.3, 0.4) is 0 Å². The van der Waals surface area contributed by atoms with Gasteiger partial charge in [-0.15, -0.1) is 0 Å². The highest BCUT2D eigenvalue weighted by molar-refractivity contribution is 5.39. The van der Waals surface area contributed by atoms with Crippen molar-refractivity contribution in [3.05, 3.63) is 29.8 Å². The number of fused-ring (bicyclic) bond motifs is 1. The van der Waals surface area contributed by atoms with Gasteiger partial charge < -0.3 is 14.8 Å². The zero-order valence-corrected chi connectivity index (χ0v) is 13.0. The molecule has 4 nitrogen and oxygen atoms in total. The Kier molecular flexibility index (Phi) is 4.78.